The first-order valence-electron chi connectivity index (χ1n) is 9.67. The number of anilines is 1. The van der Waals surface area contributed by atoms with E-state index in [0.29, 0.717) is 6.54 Å². The number of aromatic nitrogens is 4. The van der Waals surface area contributed by atoms with E-state index in [2.05, 4.69) is 64.9 Å². The number of pyridine rings is 1. The Kier molecular flexibility index (Phi) is 4.21. The Bertz CT molecular complexity index is 1310. The average Bonchev–Trinajstić information content (AvgIpc) is 3.20. The molecule has 0 aliphatic heterocycles. The number of nitrogens with one attached hydrogen (secondary N) is 1. The highest BCUT2D eigenvalue weighted by Gasteiger charge is 2.15. The first kappa shape index (κ1) is 17.4. The second-order valence-corrected chi connectivity index (χ2v) is 7.26. The molecule has 29 heavy (non-hydrogen) atoms. The molecule has 3 aromatic heterocycles. The van der Waals surface area contributed by atoms with Gasteiger partial charge in [0, 0.05) is 24.5 Å². The average molecular weight is 379 g/mol. The molecule has 3 heterocycles. The monoisotopic (exact) mass is 379 g/mol. The van der Waals surface area contributed by atoms with Gasteiger partial charge in [0.2, 0.25) is 0 Å². The Hall–Kier alpha value is -3.73. The lowest BCUT2D eigenvalue weighted by atomic mass is 10.1. The van der Waals surface area contributed by atoms with E-state index in [9.17, 15) is 0 Å². The SMILES string of the molecule is Cc1cc2nc(NCc3ccncc3)c3ncc(-c4ccccc4)n3c2cc1C. The molecule has 0 atom stereocenters. The summed E-state index contributed by atoms with van der Waals surface area (Å²) < 4.78 is 2.21. The van der Waals surface area contributed by atoms with Crippen LogP contribution in [-0.2, 0) is 6.54 Å². The van der Waals surface area contributed by atoms with E-state index in [1.54, 1.807) is 12.4 Å². The van der Waals surface area contributed by atoms with Crippen molar-refractivity contribution in [1.82, 2.24) is 19.4 Å². The fourth-order valence-electron chi connectivity index (χ4n) is 3.61. The van der Waals surface area contributed by atoms with E-state index in [1.807, 2.05) is 24.4 Å². The molecule has 0 fully saturated rings. The van der Waals surface area contributed by atoms with E-state index in [0.717, 1.165) is 39.3 Å². The maximum absolute atomic E-state index is 4.92. The summed E-state index contributed by atoms with van der Waals surface area (Å²) >= 11 is 0. The zero-order valence-corrected chi connectivity index (χ0v) is 16.4. The summed E-state index contributed by atoms with van der Waals surface area (Å²) in [7, 11) is 0. The van der Waals surface area contributed by atoms with Crippen LogP contribution in [0.2, 0.25) is 0 Å². The molecule has 0 saturated heterocycles. The van der Waals surface area contributed by atoms with Gasteiger partial charge in [0.15, 0.2) is 11.5 Å². The molecule has 5 nitrogen and oxygen atoms in total. The molecule has 0 bridgehead atoms. The summed E-state index contributed by atoms with van der Waals surface area (Å²) in [5, 5.41) is 3.47. The fourth-order valence-corrected chi connectivity index (χ4v) is 3.61. The molecular formula is C24H21N5. The molecule has 0 radical (unpaired) electrons. The summed E-state index contributed by atoms with van der Waals surface area (Å²) in [6.45, 7) is 4.92. The van der Waals surface area contributed by atoms with Crippen molar-refractivity contribution in [3.8, 4) is 11.3 Å². The van der Waals surface area contributed by atoms with E-state index >= 15 is 0 Å². The van der Waals surface area contributed by atoms with Gasteiger partial charge in [-0.3, -0.25) is 9.38 Å². The molecule has 1 N–H and O–H groups in total. The van der Waals surface area contributed by atoms with Crippen molar-refractivity contribution in [3.63, 3.8) is 0 Å². The van der Waals surface area contributed by atoms with Gasteiger partial charge in [0.1, 0.15) is 0 Å². The summed E-state index contributed by atoms with van der Waals surface area (Å²) in [5.74, 6) is 0.778. The number of hydrogen-bond acceptors (Lipinski definition) is 4. The molecule has 5 heteroatoms. The van der Waals surface area contributed by atoms with E-state index < -0.39 is 0 Å². The number of benzene rings is 2. The molecule has 0 spiro atoms. The minimum atomic E-state index is 0.662. The Labute approximate surface area is 169 Å². The predicted molar refractivity (Wildman–Crippen MR) is 117 cm³/mol. The van der Waals surface area contributed by atoms with Gasteiger partial charge in [0.05, 0.1) is 22.9 Å². The van der Waals surface area contributed by atoms with E-state index in [-0.39, 0.29) is 0 Å². The number of imidazole rings is 1. The molecule has 0 saturated carbocycles. The summed E-state index contributed by atoms with van der Waals surface area (Å²) in [6.07, 6.45) is 5.53. The van der Waals surface area contributed by atoms with Crippen LogP contribution in [0.4, 0.5) is 5.82 Å². The van der Waals surface area contributed by atoms with Gasteiger partial charge >= 0.3 is 0 Å². The molecule has 0 aliphatic rings. The quantitative estimate of drug-likeness (QED) is 0.468. The first-order valence-corrected chi connectivity index (χ1v) is 9.67. The summed E-state index contributed by atoms with van der Waals surface area (Å²) in [4.78, 5) is 13.7. The van der Waals surface area contributed by atoms with E-state index in [4.69, 9.17) is 9.97 Å². The van der Waals surface area contributed by atoms with Crippen LogP contribution in [0.5, 0.6) is 0 Å². The predicted octanol–water partition coefficient (Wildman–Crippen LogP) is 5.17. The van der Waals surface area contributed by atoms with Crippen molar-refractivity contribution in [1.29, 1.82) is 0 Å². The van der Waals surface area contributed by atoms with Gasteiger partial charge in [-0.05, 0) is 54.8 Å². The summed E-state index contributed by atoms with van der Waals surface area (Å²) in [6, 6.07) is 18.7. The highest BCUT2D eigenvalue weighted by Crippen LogP contribution is 2.29. The van der Waals surface area contributed by atoms with Gasteiger partial charge in [-0.25, -0.2) is 9.97 Å². The largest absolute Gasteiger partial charge is 0.363 e. The number of nitrogens with zero attached hydrogens (tertiary/aromatic N) is 4. The second kappa shape index (κ2) is 7.02. The molecule has 142 valence electrons. The van der Waals surface area contributed by atoms with Crippen LogP contribution >= 0.6 is 0 Å². The standard InChI is InChI=1S/C24H21N5/c1-16-12-20-21(13-17(16)2)29-22(19-6-4-3-5-7-19)15-27-24(29)23(28-20)26-14-18-8-10-25-11-9-18/h3-13,15H,14H2,1-2H3,(H,26,28). The first-order chi connectivity index (χ1) is 14.2. The van der Waals surface area contributed by atoms with Crippen molar-refractivity contribution in [2.24, 2.45) is 0 Å². The highest BCUT2D eigenvalue weighted by molar-refractivity contribution is 5.87. The van der Waals surface area contributed by atoms with Crippen LogP contribution in [0.25, 0.3) is 27.9 Å². The lowest BCUT2D eigenvalue weighted by Crippen LogP contribution is -2.06. The molecule has 0 aliphatic carbocycles. The van der Waals surface area contributed by atoms with Gasteiger partial charge in [0.25, 0.3) is 0 Å². The molecular weight excluding hydrogens is 358 g/mol. The number of fused-ring (bicyclic) bond motifs is 3. The van der Waals surface area contributed by atoms with Crippen molar-refractivity contribution in [2.45, 2.75) is 20.4 Å². The number of rotatable bonds is 4. The number of hydrogen-bond donors (Lipinski definition) is 1. The van der Waals surface area contributed by atoms with Crippen molar-refractivity contribution in [2.75, 3.05) is 5.32 Å². The third-order valence-electron chi connectivity index (χ3n) is 5.32. The van der Waals surface area contributed by atoms with Crippen LogP contribution in [0.1, 0.15) is 16.7 Å². The van der Waals surface area contributed by atoms with E-state index in [1.165, 1.54) is 11.1 Å². The fraction of sp³-hybridized carbons (Fsp3) is 0.125. The van der Waals surface area contributed by atoms with Gasteiger partial charge < -0.3 is 5.32 Å². The van der Waals surface area contributed by atoms with Gasteiger partial charge in [-0.1, -0.05) is 30.3 Å². The van der Waals surface area contributed by atoms with Gasteiger partial charge in [-0.15, -0.1) is 0 Å². The van der Waals surface area contributed by atoms with Crippen molar-refractivity contribution in [3.05, 3.63) is 89.9 Å². The molecule has 5 aromatic rings. The van der Waals surface area contributed by atoms with Crippen LogP contribution in [0, 0.1) is 13.8 Å². The third kappa shape index (κ3) is 3.10. The zero-order chi connectivity index (χ0) is 19.8. The minimum Gasteiger partial charge on any atom is -0.363 e. The Morgan fingerprint density at radius 2 is 1.69 bits per heavy atom. The topological polar surface area (TPSA) is 55.1 Å². The minimum absolute atomic E-state index is 0.662. The van der Waals surface area contributed by atoms with Crippen LogP contribution in [0.3, 0.4) is 0 Å². The lowest BCUT2D eigenvalue weighted by Gasteiger charge is -2.13. The van der Waals surface area contributed by atoms with Crippen LogP contribution < -0.4 is 5.32 Å². The third-order valence-corrected chi connectivity index (χ3v) is 5.32. The maximum Gasteiger partial charge on any atom is 0.181 e. The molecule has 2 aromatic carbocycles. The van der Waals surface area contributed by atoms with Crippen molar-refractivity contribution < 1.29 is 0 Å². The Balaban J connectivity index is 1.73. The van der Waals surface area contributed by atoms with Crippen molar-refractivity contribution >= 4 is 22.5 Å². The molecule has 0 unspecified atom stereocenters. The zero-order valence-electron chi connectivity index (χ0n) is 16.4. The van der Waals surface area contributed by atoms with Crippen LogP contribution in [0.15, 0.2) is 73.2 Å². The summed E-state index contributed by atoms with van der Waals surface area (Å²) in [5.41, 5.74) is 8.65. The Morgan fingerprint density at radius 3 is 2.48 bits per heavy atom. The maximum atomic E-state index is 4.92. The highest BCUT2D eigenvalue weighted by atomic mass is 15.1. The lowest BCUT2D eigenvalue weighted by molar-refractivity contribution is 1.09. The van der Waals surface area contributed by atoms with Gasteiger partial charge in [-0.2, -0.15) is 0 Å². The number of aryl methyl sites for hydroxylation is 2. The normalized spacial score (nSPS) is 11.2. The Morgan fingerprint density at radius 1 is 0.931 bits per heavy atom. The molecule has 0 amide bonds. The molecule has 5 rings (SSSR count). The smallest absolute Gasteiger partial charge is 0.181 e. The van der Waals surface area contributed by atoms with Crippen LogP contribution in [-0.4, -0.2) is 19.4 Å². The second-order valence-electron chi connectivity index (χ2n) is 7.26.